The lowest BCUT2D eigenvalue weighted by atomic mass is 10.00. The highest BCUT2D eigenvalue weighted by Crippen LogP contribution is 2.30. The van der Waals surface area contributed by atoms with E-state index >= 15 is 0 Å². The highest BCUT2D eigenvalue weighted by atomic mass is 32.2. The summed E-state index contributed by atoms with van der Waals surface area (Å²) in [5, 5.41) is 7.03. The van der Waals surface area contributed by atoms with Gasteiger partial charge in [0.1, 0.15) is 6.04 Å². The van der Waals surface area contributed by atoms with Crippen molar-refractivity contribution in [3.63, 3.8) is 0 Å². The zero-order chi connectivity index (χ0) is 15.0. The second-order valence-corrected chi connectivity index (χ2v) is 6.08. The quantitative estimate of drug-likeness (QED) is 0.562. The summed E-state index contributed by atoms with van der Waals surface area (Å²) in [6.07, 6.45) is 1.98. The van der Waals surface area contributed by atoms with Gasteiger partial charge in [0.05, 0.1) is 6.04 Å². The maximum Gasteiger partial charge on any atom is 0.346 e. The van der Waals surface area contributed by atoms with Crippen LogP contribution < -0.4 is 10.6 Å². The van der Waals surface area contributed by atoms with Crippen molar-refractivity contribution in [2.45, 2.75) is 37.4 Å². The molecule has 3 aliphatic rings. The molecular formula is C11H18N4O5S. The van der Waals surface area contributed by atoms with Crippen molar-refractivity contribution in [1.29, 1.82) is 0 Å². The van der Waals surface area contributed by atoms with E-state index in [0.717, 1.165) is 24.6 Å². The van der Waals surface area contributed by atoms with Crippen LogP contribution in [0.3, 0.4) is 0 Å². The number of fused-ring (bicyclic) bond motifs is 2. The number of carbonyl (C=O) groups is 2. The summed E-state index contributed by atoms with van der Waals surface area (Å²) in [6.45, 7) is 1.97. The van der Waals surface area contributed by atoms with Gasteiger partial charge in [-0.2, -0.15) is 9.27 Å². The van der Waals surface area contributed by atoms with Gasteiger partial charge in [-0.3, -0.25) is 9.35 Å². The van der Waals surface area contributed by atoms with E-state index in [1.165, 1.54) is 4.90 Å². The number of urea groups is 1. The summed E-state index contributed by atoms with van der Waals surface area (Å²) in [5.41, 5.74) is 0. The molecule has 0 aromatic carbocycles. The molecule has 0 radical (unpaired) electrons. The number of hydrogen-bond acceptors (Lipinski definition) is 5. The van der Waals surface area contributed by atoms with Crippen LogP contribution >= 0.6 is 0 Å². The molecule has 0 saturated carbocycles. The average Bonchev–Trinajstić information content (AvgIpc) is 3.02. The molecule has 3 saturated heterocycles. The summed E-state index contributed by atoms with van der Waals surface area (Å²) < 4.78 is 24.1. The van der Waals surface area contributed by atoms with Crippen molar-refractivity contribution in [2.75, 3.05) is 19.6 Å². The predicted octanol–water partition coefficient (Wildman–Crippen LogP) is -1.20. The van der Waals surface area contributed by atoms with Gasteiger partial charge in [-0.25, -0.2) is 4.79 Å². The maximum atomic E-state index is 12.3. The van der Waals surface area contributed by atoms with E-state index in [0.29, 0.717) is 19.4 Å². The molecule has 0 spiro atoms. The topological polar surface area (TPSA) is 111 Å². The van der Waals surface area contributed by atoms with Gasteiger partial charge in [0.2, 0.25) is 5.91 Å². The van der Waals surface area contributed by atoms with Crippen LogP contribution in [-0.2, 0) is 20.4 Å². The standard InChI is InChI=1S/C11H18N4O5S/c16-10(13-7-3-4-12-5-7)9-2-1-8-6-14(9)11(17)15(8)20-21(18)19/h7-9,12H,1-6H2,(H,13,16)(H,18,19)/t7-,8-,9+/m1/s1. The molecule has 4 atom stereocenters. The normalized spacial score (nSPS) is 33.4. The van der Waals surface area contributed by atoms with Crippen molar-refractivity contribution >= 4 is 23.3 Å². The van der Waals surface area contributed by atoms with Gasteiger partial charge in [-0.05, 0) is 25.8 Å². The van der Waals surface area contributed by atoms with E-state index in [2.05, 4.69) is 14.9 Å². The lowest BCUT2D eigenvalue weighted by Crippen LogP contribution is -2.52. The number of hydrogen-bond donors (Lipinski definition) is 3. The fourth-order valence-corrected chi connectivity index (χ4v) is 3.47. The number of rotatable bonds is 4. The first-order chi connectivity index (χ1) is 10.1. The van der Waals surface area contributed by atoms with Crippen LogP contribution in [0, 0.1) is 0 Å². The molecule has 0 aromatic heterocycles. The van der Waals surface area contributed by atoms with Crippen molar-refractivity contribution in [1.82, 2.24) is 20.6 Å². The highest BCUT2D eigenvalue weighted by molar-refractivity contribution is 7.74. The van der Waals surface area contributed by atoms with Gasteiger partial charge in [0.15, 0.2) is 0 Å². The van der Waals surface area contributed by atoms with Crippen LogP contribution in [0.5, 0.6) is 0 Å². The van der Waals surface area contributed by atoms with Gasteiger partial charge in [-0.15, -0.1) is 4.28 Å². The SMILES string of the molecule is O=C(N[C@@H]1CCNC1)[C@@H]1CC[C@@H]2CN1C(=O)N2OS(=O)O. The Hall–Kier alpha value is -1.23. The molecule has 3 heterocycles. The molecule has 118 valence electrons. The third-order valence-corrected chi connectivity index (χ3v) is 4.46. The molecule has 3 aliphatic heterocycles. The molecule has 21 heavy (non-hydrogen) atoms. The minimum atomic E-state index is -2.54. The molecule has 3 fully saturated rings. The molecule has 10 heteroatoms. The zero-order valence-electron chi connectivity index (χ0n) is 11.4. The summed E-state index contributed by atoms with van der Waals surface area (Å²) in [5.74, 6) is -0.164. The third-order valence-electron chi connectivity index (χ3n) is 4.18. The first-order valence-electron chi connectivity index (χ1n) is 6.96. The largest absolute Gasteiger partial charge is 0.350 e. The Morgan fingerprint density at radius 1 is 1.43 bits per heavy atom. The van der Waals surface area contributed by atoms with Crippen LogP contribution in [0.2, 0.25) is 0 Å². The fourth-order valence-electron chi connectivity index (χ4n) is 3.15. The predicted molar refractivity (Wildman–Crippen MR) is 72.0 cm³/mol. The fraction of sp³-hybridized carbons (Fsp3) is 0.818. The Kier molecular flexibility index (Phi) is 4.11. The number of hydroxylamine groups is 2. The Morgan fingerprint density at radius 3 is 2.90 bits per heavy atom. The first-order valence-corrected chi connectivity index (χ1v) is 7.99. The molecule has 2 bridgehead atoms. The Balaban J connectivity index is 1.65. The second kappa shape index (κ2) is 5.87. The van der Waals surface area contributed by atoms with E-state index in [-0.39, 0.29) is 18.0 Å². The van der Waals surface area contributed by atoms with Crippen LogP contribution in [-0.4, -0.2) is 68.4 Å². The smallest absolute Gasteiger partial charge is 0.346 e. The van der Waals surface area contributed by atoms with E-state index < -0.39 is 23.4 Å². The molecule has 9 nitrogen and oxygen atoms in total. The number of nitrogens with zero attached hydrogens (tertiary/aromatic N) is 2. The van der Waals surface area contributed by atoms with Gasteiger partial charge >= 0.3 is 17.4 Å². The number of carbonyl (C=O) groups excluding carboxylic acids is 2. The van der Waals surface area contributed by atoms with Crippen LogP contribution in [0.1, 0.15) is 19.3 Å². The summed E-state index contributed by atoms with van der Waals surface area (Å²) in [4.78, 5) is 25.9. The molecule has 3 amide bonds. The Morgan fingerprint density at radius 2 is 2.24 bits per heavy atom. The number of piperidine rings is 1. The average molecular weight is 318 g/mol. The second-order valence-electron chi connectivity index (χ2n) is 5.50. The van der Waals surface area contributed by atoms with Gasteiger partial charge in [0, 0.05) is 19.1 Å². The number of nitrogens with one attached hydrogen (secondary N) is 2. The summed E-state index contributed by atoms with van der Waals surface area (Å²) >= 11 is -2.54. The van der Waals surface area contributed by atoms with Crippen LogP contribution in [0.4, 0.5) is 4.79 Å². The molecule has 0 aromatic rings. The minimum Gasteiger partial charge on any atom is -0.350 e. The zero-order valence-corrected chi connectivity index (χ0v) is 12.2. The monoisotopic (exact) mass is 318 g/mol. The molecular weight excluding hydrogens is 300 g/mol. The summed E-state index contributed by atoms with van der Waals surface area (Å²) in [6, 6.07) is -1.23. The highest BCUT2D eigenvalue weighted by Gasteiger charge is 2.48. The van der Waals surface area contributed by atoms with E-state index in [9.17, 15) is 13.8 Å². The van der Waals surface area contributed by atoms with E-state index in [4.69, 9.17) is 4.55 Å². The number of amides is 3. The molecule has 1 unspecified atom stereocenters. The van der Waals surface area contributed by atoms with Crippen LogP contribution in [0.15, 0.2) is 0 Å². The van der Waals surface area contributed by atoms with Gasteiger partial charge in [-0.1, -0.05) is 0 Å². The Bertz CT molecular complexity index is 470. The van der Waals surface area contributed by atoms with Crippen LogP contribution in [0.25, 0.3) is 0 Å². The summed E-state index contributed by atoms with van der Waals surface area (Å²) in [7, 11) is 0. The van der Waals surface area contributed by atoms with Crippen molar-refractivity contribution in [2.24, 2.45) is 0 Å². The van der Waals surface area contributed by atoms with Crippen molar-refractivity contribution < 1.29 is 22.6 Å². The maximum absolute atomic E-state index is 12.3. The molecule has 3 N–H and O–H groups in total. The van der Waals surface area contributed by atoms with E-state index in [1.54, 1.807) is 0 Å². The van der Waals surface area contributed by atoms with Gasteiger partial charge in [0.25, 0.3) is 0 Å². The first kappa shape index (κ1) is 14.7. The van der Waals surface area contributed by atoms with Crippen molar-refractivity contribution in [3.05, 3.63) is 0 Å². The van der Waals surface area contributed by atoms with E-state index in [1.807, 2.05) is 0 Å². The molecule has 0 aliphatic carbocycles. The third kappa shape index (κ3) is 2.89. The van der Waals surface area contributed by atoms with Crippen molar-refractivity contribution in [3.8, 4) is 0 Å². The molecule has 3 rings (SSSR count). The Labute approximate surface area is 124 Å². The minimum absolute atomic E-state index is 0.102. The van der Waals surface area contributed by atoms with Gasteiger partial charge < -0.3 is 15.5 Å². The lowest BCUT2D eigenvalue weighted by Gasteiger charge is -2.30. The lowest BCUT2D eigenvalue weighted by molar-refractivity contribution is -0.126.